The standard InChI is InChI=1S/C20H18FN7O3S/c21-5-6-22-19(30)15-4-3-14(32-15)12-8-16(24-11-1-2-11)28-17(25-12)10(9-23-28)7-13-18(29)27-20(31)26-13/h3-4,7-9,11,29H,1-2,5-6H2,(H,22,30)(H2,26,27,31)/b10-7-,24-16?. The first-order valence-corrected chi connectivity index (χ1v) is 10.7. The zero-order chi connectivity index (χ0) is 22.2. The SMILES string of the molecule is O=C(NCCF)c1ccc(-c2cc(=NC3CC3)n3nc/c(=C/c4[nH]c(=O)[nH]c4O)c3n2)s1. The largest absolute Gasteiger partial charge is 0.493 e. The van der Waals surface area contributed by atoms with Gasteiger partial charge in [-0.05, 0) is 31.1 Å². The summed E-state index contributed by atoms with van der Waals surface area (Å²) in [4.78, 5) is 39.0. The molecule has 5 rings (SSSR count). The molecule has 1 aliphatic carbocycles. The summed E-state index contributed by atoms with van der Waals surface area (Å²) in [6.45, 7) is -0.666. The molecule has 32 heavy (non-hydrogen) atoms. The second-order valence-electron chi connectivity index (χ2n) is 7.29. The van der Waals surface area contributed by atoms with Crippen molar-refractivity contribution in [2.45, 2.75) is 18.9 Å². The second-order valence-corrected chi connectivity index (χ2v) is 8.37. The zero-order valence-electron chi connectivity index (χ0n) is 16.6. The van der Waals surface area contributed by atoms with Crippen molar-refractivity contribution in [3.8, 4) is 16.5 Å². The Morgan fingerprint density at radius 2 is 2.25 bits per heavy atom. The van der Waals surface area contributed by atoms with Gasteiger partial charge in [0, 0.05) is 17.8 Å². The van der Waals surface area contributed by atoms with E-state index < -0.39 is 12.4 Å². The number of carbonyl (C=O) groups is 1. The third-order valence-corrected chi connectivity index (χ3v) is 5.95. The minimum Gasteiger partial charge on any atom is -0.493 e. The number of imidazole rings is 1. The van der Waals surface area contributed by atoms with Crippen molar-refractivity contribution in [3.05, 3.63) is 56.2 Å². The highest BCUT2D eigenvalue weighted by Crippen LogP contribution is 2.27. The van der Waals surface area contributed by atoms with Crippen molar-refractivity contribution in [2.75, 3.05) is 13.2 Å². The molecule has 4 N–H and O–H groups in total. The van der Waals surface area contributed by atoms with Gasteiger partial charge in [-0.3, -0.25) is 14.8 Å². The molecule has 0 aliphatic heterocycles. The van der Waals surface area contributed by atoms with Crippen molar-refractivity contribution in [1.82, 2.24) is 29.9 Å². The summed E-state index contributed by atoms with van der Waals surface area (Å²) in [6, 6.07) is 5.50. The lowest BCUT2D eigenvalue weighted by atomic mass is 10.3. The van der Waals surface area contributed by atoms with E-state index in [9.17, 15) is 19.1 Å². The van der Waals surface area contributed by atoms with Gasteiger partial charge in [0.15, 0.2) is 11.1 Å². The van der Waals surface area contributed by atoms with Crippen LogP contribution in [0.1, 0.15) is 28.2 Å². The molecular formula is C20H18FN7O3S. The van der Waals surface area contributed by atoms with Crippen LogP contribution in [0.3, 0.4) is 0 Å². The predicted octanol–water partition coefficient (Wildman–Crippen LogP) is 0.490. The number of aromatic nitrogens is 5. The molecule has 0 saturated heterocycles. The zero-order valence-corrected chi connectivity index (χ0v) is 17.4. The average molecular weight is 455 g/mol. The molecule has 0 spiro atoms. The number of aromatic amines is 2. The first-order chi connectivity index (χ1) is 15.5. The van der Waals surface area contributed by atoms with Gasteiger partial charge in [-0.15, -0.1) is 11.3 Å². The van der Waals surface area contributed by atoms with E-state index in [4.69, 9.17) is 9.98 Å². The number of hydrogen-bond acceptors (Lipinski definition) is 7. The summed E-state index contributed by atoms with van der Waals surface area (Å²) < 4.78 is 14.0. The molecule has 0 unspecified atom stereocenters. The number of nitrogens with one attached hydrogen (secondary N) is 3. The molecule has 1 amide bonds. The third kappa shape index (κ3) is 3.91. The summed E-state index contributed by atoms with van der Waals surface area (Å²) in [5, 5.41) is 17.4. The van der Waals surface area contributed by atoms with Crippen LogP contribution in [0.5, 0.6) is 5.88 Å². The Balaban J connectivity index is 1.64. The van der Waals surface area contributed by atoms with E-state index in [0.717, 1.165) is 17.7 Å². The molecule has 4 heterocycles. The summed E-state index contributed by atoms with van der Waals surface area (Å²) in [5.74, 6) is -0.622. The topological polar surface area (TPSA) is 141 Å². The van der Waals surface area contributed by atoms with Crippen LogP contribution < -0.4 is 21.7 Å². The maximum absolute atomic E-state index is 12.4. The van der Waals surface area contributed by atoms with Gasteiger partial charge in [0.05, 0.1) is 27.7 Å². The molecule has 1 aliphatic rings. The summed E-state index contributed by atoms with van der Waals surface area (Å²) >= 11 is 1.24. The number of thiophene rings is 1. The number of halogens is 1. The predicted molar refractivity (Wildman–Crippen MR) is 115 cm³/mol. The third-order valence-electron chi connectivity index (χ3n) is 4.84. The van der Waals surface area contributed by atoms with Crippen LogP contribution >= 0.6 is 11.3 Å². The van der Waals surface area contributed by atoms with Gasteiger partial charge in [0.25, 0.3) is 5.91 Å². The number of H-pyrrole nitrogens is 2. The fourth-order valence-electron chi connectivity index (χ4n) is 3.17. The van der Waals surface area contributed by atoms with Crippen molar-refractivity contribution in [2.24, 2.45) is 4.99 Å². The Kier molecular flexibility index (Phi) is 5.05. The van der Waals surface area contributed by atoms with Gasteiger partial charge in [-0.1, -0.05) is 0 Å². The average Bonchev–Trinajstić information content (AvgIpc) is 3.16. The number of nitrogens with zero attached hydrogens (tertiary/aromatic N) is 4. The minimum atomic E-state index is -0.628. The van der Waals surface area contributed by atoms with Crippen LogP contribution in [0.15, 0.2) is 34.2 Å². The molecule has 0 radical (unpaired) electrons. The van der Waals surface area contributed by atoms with Crippen LogP contribution in [0, 0.1) is 0 Å². The Morgan fingerprint density at radius 3 is 2.97 bits per heavy atom. The fourth-order valence-corrected chi connectivity index (χ4v) is 4.05. The van der Waals surface area contributed by atoms with Crippen molar-refractivity contribution >= 4 is 29.0 Å². The van der Waals surface area contributed by atoms with E-state index >= 15 is 0 Å². The molecule has 4 aromatic rings. The second kappa shape index (κ2) is 8.04. The molecular weight excluding hydrogens is 437 g/mol. The molecule has 12 heteroatoms. The van der Waals surface area contributed by atoms with E-state index in [-0.39, 0.29) is 30.1 Å². The van der Waals surface area contributed by atoms with Crippen LogP contribution in [-0.4, -0.2) is 54.8 Å². The number of carbonyl (C=O) groups excluding carboxylic acids is 1. The van der Waals surface area contributed by atoms with Crippen molar-refractivity contribution in [1.29, 1.82) is 0 Å². The van der Waals surface area contributed by atoms with Crippen LogP contribution in [0.4, 0.5) is 4.39 Å². The maximum Gasteiger partial charge on any atom is 0.326 e. The quantitative estimate of drug-likeness (QED) is 0.335. The Labute approximate surface area is 183 Å². The lowest BCUT2D eigenvalue weighted by molar-refractivity contribution is 0.0955. The lowest BCUT2D eigenvalue weighted by Crippen LogP contribution is -2.24. The van der Waals surface area contributed by atoms with Gasteiger partial charge in [0.2, 0.25) is 5.88 Å². The van der Waals surface area contributed by atoms with Gasteiger partial charge < -0.3 is 15.4 Å². The summed E-state index contributed by atoms with van der Waals surface area (Å²) in [6.07, 6.45) is 5.16. The number of hydrogen-bond donors (Lipinski definition) is 4. The number of amides is 1. The van der Waals surface area contributed by atoms with Gasteiger partial charge in [-0.25, -0.2) is 14.2 Å². The monoisotopic (exact) mass is 455 g/mol. The highest BCUT2D eigenvalue weighted by atomic mass is 32.1. The van der Waals surface area contributed by atoms with Gasteiger partial charge in [0.1, 0.15) is 12.4 Å². The smallest absolute Gasteiger partial charge is 0.326 e. The van der Waals surface area contributed by atoms with Crippen LogP contribution in [0.25, 0.3) is 22.3 Å². The highest BCUT2D eigenvalue weighted by molar-refractivity contribution is 7.17. The number of fused-ring (bicyclic) bond motifs is 1. The summed E-state index contributed by atoms with van der Waals surface area (Å²) in [7, 11) is 0. The maximum atomic E-state index is 12.4. The Morgan fingerprint density at radius 1 is 1.41 bits per heavy atom. The normalized spacial score (nSPS) is 15.0. The van der Waals surface area contributed by atoms with E-state index in [1.807, 2.05) is 6.07 Å². The van der Waals surface area contributed by atoms with E-state index in [0.29, 0.717) is 26.9 Å². The van der Waals surface area contributed by atoms with E-state index in [2.05, 4.69) is 20.4 Å². The fraction of sp³-hybridized carbons (Fsp3) is 0.250. The number of rotatable bonds is 6. The van der Waals surface area contributed by atoms with Gasteiger partial charge in [-0.2, -0.15) is 9.61 Å². The van der Waals surface area contributed by atoms with Crippen LogP contribution in [-0.2, 0) is 0 Å². The molecule has 1 saturated carbocycles. The van der Waals surface area contributed by atoms with Crippen molar-refractivity contribution < 1.29 is 14.3 Å². The molecule has 0 aromatic carbocycles. The minimum absolute atomic E-state index is 0.0379. The van der Waals surface area contributed by atoms with Crippen LogP contribution in [0.2, 0.25) is 0 Å². The molecule has 164 valence electrons. The van der Waals surface area contributed by atoms with Crippen molar-refractivity contribution in [3.63, 3.8) is 0 Å². The Bertz CT molecular complexity index is 1500. The first-order valence-electron chi connectivity index (χ1n) is 9.92. The highest BCUT2D eigenvalue weighted by Gasteiger charge is 2.21. The lowest BCUT2D eigenvalue weighted by Gasteiger charge is -2.01. The summed E-state index contributed by atoms with van der Waals surface area (Å²) in [5.41, 5.74) is 1.39. The Hall–Kier alpha value is -3.80. The molecule has 4 aromatic heterocycles. The molecule has 0 bridgehead atoms. The molecule has 1 fully saturated rings. The van der Waals surface area contributed by atoms with E-state index in [1.165, 1.54) is 11.3 Å². The van der Waals surface area contributed by atoms with Gasteiger partial charge >= 0.3 is 5.69 Å². The molecule has 10 nitrogen and oxygen atoms in total. The van der Waals surface area contributed by atoms with E-state index in [1.54, 1.807) is 28.9 Å². The molecule has 0 atom stereocenters. The first kappa shape index (κ1) is 20.1. The number of aromatic hydroxyl groups is 1. The number of alkyl halides is 1.